The molecule has 0 aliphatic carbocycles. The largest absolute Gasteiger partial charge is 0.478 e. The van der Waals surface area contributed by atoms with Gasteiger partial charge in [0.15, 0.2) is 0 Å². The Bertz CT molecular complexity index is 306. The number of carbonyl (C=O) groups excluding carboxylic acids is 1. The highest BCUT2D eigenvalue weighted by atomic mass is 16.5. The van der Waals surface area contributed by atoms with E-state index in [0.717, 1.165) is 0 Å². The number of aliphatic imine (C=N–C) groups is 1. The molecule has 4 nitrogen and oxygen atoms in total. The zero-order valence-electron chi connectivity index (χ0n) is 6.65. The van der Waals surface area contributed by atoms with Crippen molar-refractivity contribution in [2.45, 2.75) is 6.92 Å². The summed E-state index contributed by atoms with van der Waals surface area (Å²) in [5, 5.41) is 0. The Morgan fingerprint density at radius 3 is 3.25 bits per heavy atom. The molecule has 0 atom stereocenters. The highest BCUT2D eigenvalue weighted by molar-refractivity contribution is 5.49. The quantitative estimate of drug-likeness (QED) is 0.501. The van der Waals surface area contributed by atoms with Crippen LogP contribution in [0.3, 0.4) is 0 Å². The van der Waals surface area contributed by atoms with Gasteiger partial charge in [-0.25, -0.2) is 9.78 Å². The maximum absolute atomic E-state index is 9.89. The van der Waals surface area contributed by atoms with E-state index in [1.54, 1.807) is 12.1 Å². The minimum Gasteiger partial charge on any atom is -0.478 e. The minimum absolute atomic E-state index is 0.467. The van der Waals surface area contributed by atoms with Crippen molar-refractivity contribution in [1.29, 1.82) is 0 Å². The Hall–Kier alpha value is -1.67. The first-order valence-corrected chi connectivity index (χ1v) is 3.53. The van der Waals surface area contributed by atoms with Gasteiger partial charge in [0, 0.05) is 12.3 Å². The fourth-order valence-corrected chi connectivity index (χ4v) is 0.748. The molecule has 0 bridgehead atoms. The maximum Gasteiger partial charge on any atom is 0.240 e. The first-order valence-electron chi connectivity index (χ1n) is 3.53. The van der Waals surface area contributed by atoms with Crippen molar-refractivity contribution in [3.05, 3.63) is 18.3 Å². The SMILES string of the molecule is CCOc1cc(N=C=O)ccn1. The van der Waals surface area contributed by atoms with Crippen LogP contribution in [-0.2, 0) is 4.79 Å². The summed E-state index contributed by atoms with van der Waals surface area (Å²) >= 11 is 0. The zero-order chi connectivity index (χ0) is 8.81. The second kappa shape index (κ2) is 4.26. The lowest BCUT2D eigenvalue weighted by atomic mass is 10.4. The Morgan fingerprint density at radius 2 is 2.58 bits per heavy atom. The molecular formula is C8H8N2O2. The van der Waals surface area contributed by atoms with Crippen molar-refractivity contribution in [1.82, 2.24) is 4.98 Å². The van der Waals surface area contributed by atoms with Gasteiger partial charge in [-0.15, -0.1) is 0 Å². The van der Waals surface area contributed by atoms with Gasteiger partial charge in [-0.05, 0) is 13.0 Å². The van der Waals surface area contributed by atoms with Crippen LogP contribution in [0, 0.1) is 0 Å². The Labute approximate surface area is 69.9 Å². The van der Waals surface area contributed by atoms with E-state index in [-0.39, 0.29) is 0 Å². The topological polar surface area (TPSA) is 51.5 Å². The molecule has 0 aliphatic rings. The van der Waals surface area contributed by atoms with Crippen LogP contribution in [0.15, 0.2) is 23.3 Å². The molecule has 1 aromatic heterocycles. The normalized spacial score (nSPS) is 8.75. The number of hydrogen-bond acceptors (Lipinski definition) is 4. The van der Waals surface area contributed by atoms with E-state index in [9.17, 15) is 4.79 Å². The Kier molecular flexibility index (Phi) is 2.99. The van der Waals surface area contributed by atoms with Gasteiger partial charge in [0.1, 0.15) is 0 Å². The van der Waals surface area contributed by atoms with Crippen LogP contribution < -0.4 is 4.74 Å². The van der Waals surface area contributed by atoms with E-state index in [1.165, 1.54) is 12.3 Å². The predicted molar refractivity (Wildman–Crippen MR) is 43.2 cm³/mol. The second-order valence-electron chi connectivity index (χ2n) is 1.99. The molecule has 0 fully saturated rings. The van der Waals surface area contributed by atoms with Crippen LogP contribution in [0.5, 0.6) is 5.88 Å². The van der Waals surface area contributed by atoms with E-state index in [4.69, 9.17) is 4.74 Å². The number of rotatable bonds is 3. The van der Waals surface area contributed by atoms with Crippen LogP contribution >= 0.6 is 0 Å². The van der Waals surface area contributed by atoms with Crippen molar-refractivity contribution in [2.24, 2.45) is 4.99 Å². The van der Waals surface area contributed by atoms with E-state index in [1.807, 2.05) is 6.92 Å². The van der Waals surface area contributed by atoms with E-state index in [2.05, 4.69) is 9.98 Å². The van der Waals surface area contributed by atoms with Gasteiger partial charge in [-0.2, -0.15) is 4.99 Å². The number of isocyanates is 1. The third-order valence-electron chi connectivity index (χ3n) is 1.19. The average Bonchev–Trinajstić information content (AvgIpc) is 2.06. The molecule has 12 heavy (non-hydrogen) atoms. The van der Waals surface area contributed by atoms with Crippen LogP contribution in [0.25, 0.3) is 0 Å². The van der Waals surface area contributed by atoms with E-state index in [0.29, 0.717) is 18.2 Å². The fourth-order valence-electron chi connectivity index (χ4n) is 0.748. The maximum atomic E-state index is 9.89. The van der Waals surface area contributed by atoms with Crippen molar-refractivity contribution in [2.75, 3.05) is 6.61 Å². The van der Waals surface area contributed by atoms with Gasteiger partial charge >= 0.3 is 0 Å². The molecule has 0 amide bonds. The molecule has 0 aliphatic heterocycles. The van der Waals surface area contributed by atoms with Crippen molar-refractivity contribution >= 4 is 11.8 Å². The van der Waals surface area contributed by atoms with Crippen LogP contribution in [0.4, 0.5) is 5.69 Å². The summed E-state index contributed by atoms with van der Waals surface area (Å²) < 4.78 is 5.09. The highest BCUT2D eigenvalue weighted by Crippen LogP contribution is 2.15. The van der Waals surface area contributed by atoms with Gasteiger partial charge in [-0.1, -0.05) is 0 Å². The lowest BCUT2D eigenvalue weighted by Crippen LogP contribution is -1.92. The average molecular weight is 164 g/mol. The highest BCUT2D eigenvalue weighted by Gasteiger charge is 1.94. The standard InChI is InChI=1S/C8H8N2O2/c1-2-12-8-5-7(10-6-11)3-4-9-8/h3-5H,2H2,1H3. The summed E-state index contributed by atoms with van der Waals surface area (Å²) in [4.78, 5) is 17.2. The summed E-state index contributed by atoms with van der Waals surface area (Å²) in [5.74, 6) is 0.467. The monoisotopic (exact) mass is 164 g/mol. The van der Waals surface area contributed by atoms with Crippen LogP contribution in [-0.4, -0.2) is 17.7 Å². The molecule has 1 heterocycles. The number of aromatic nitrogens is 1. The summed E-state index contributed by atoms with van der Waals surface area (Å²) in [6.45, 7) is 2.40. The fraction of sp³-hybridized carbons (Fsp3) is 0.250. The van der Waals surface area contributed by atoms with E-state index < -0.39 is 0 Å². The third-order valence-corrected chi connectivity index (χ3v) is 1.19. The molecule has 1 aromatic rings. The van der Waals surface area contributed by atoms with Crippen molar-refractivity contribution in [3.63, 3.8) is 0 Å². The number of nitrogens with zero attached hydrogens (tertiary/aromatic N) is 2. The first kappa shape index (κ1) is 8.43. The molecule has 0 spiro atoms. The van der Waals surface area contributed by atoms with Gasteiger partial charge in [0.25, 0.3) is 0 Å². The lowest BCUT2D eigenvalue weighted by molar-refractivity contribution is 0.327. The molecular weight excluding hydrogens is 156 g/mol. The molecule has 0 aromatic carbocycles. The molecule has 62 valence electrons. The van der Waals surface area contributed by atoms with Crippen molar-refractivity contribution in [3.8, 4) is 5.88 Å². The molecule has 1 rings (SSSR count). The second-order valence-corrected chi connectivity index (χ2v) is 1.99. The molecule has 0 saturated heterocycles. The number of ether oxygens (including phenoxy) is 1. The summed E-state index contributed by atoms with van der Waals surface area (Å²) in [6.07, 6.45) is 2.97. The number of hydrogen-bond donors (Lipinski definition) is 0. The van der Waals surface area contributed by atoms with Crippen molar-refractivity contribution < 1.29 is 9.53 Å². The summed E-state index contributed by atoms with van der Waals surface area (Å²) in [5.41, 5.74) is 0.503. The minimum atomic E-state index is 0.467. The summed E-state index contributed by atoms with van der Waals surface area (Å²) in [7, 11) is 0. The lowest BCUT2D eigenvalue weighted by Gasteiger charge is -1.99. The third kappa shape index (κ3) is 2.18. The Morgan fingerprint density at radius 1 is 1.75 bits per heavy atom. The zero-order valence-corrected chi connectivity index (χ0v) is 6.65. The number of pyridine rings is 1. The van der Waals surface area contributed by atoms with E-state index >= 15 is 0 Å². The van der Waals surface area contributed by atoms with Gasteiger partial charge < -0.3 is 4.74 Å². The smallest absolute Gasteiger partial charge is 0.240 e. The van der Waals surface area contributed by atoms with Gasteiger partial charge in [-0.3, -0.25) is 0 Å². The first-order chi connectivity index (χ1) is 5.86. The molecule has 0 radical (unpaired) electrons. The molecule has 0 N–H and O–H groups in total. The predicted octanol–water partition coefficient (Wildman–Crippen LogP) is 1.45. The van der Waals surface area contributed by atoms with Crippen LogP contribution in [0.2, 0.25) is 0 Å². The van der Waals surface area contributed by atoms with Crippen LogP contribution in [0.1, 0.15) is 6.92 Å². The Balaban J connectivity index is 2.87. The van der Waals surface area contributed by atoms with Gasteiger partial charge in [0.05, 0.1) is 12.3 Å². The van der Waals surface area contributed by atoms with Gasteiger partial charge in [0.2, 0.25) is 12.0 Å². The molecule has 0 saturated carbocycles. The summed E-state index contributed by atoms with van der Waals surface area (Å²) in [6, 6.07) is 3.18. The molecule has 0 unspecified atom stereocenters. The molecule has 4 heteroatoms.